The van der Waals surface area contributed by atoms with Crippen LogP contribution in [0.15, 0.2) is 47.7 Å². The minimum absolute atomic E-state index is 0.234. The molecule has 134 valence electrons. The van der Waals surface area contributed by atoms with Crippen LogP contribution in [0.5, 0.6) is 0 Å². The molecule has 0 saturated heterocycles. The third-order valence-electron chi connectivity index (χ3n) is 5.31. The van der Waals surface area contributed by atoms with Gasteiger partial charge in [0.05, 0.1) is 12.0 Å². The molecule has 27 heavy (non-hydrogen) atoms. The molecule has 0 unspecified atom stereocenters. The summed E-state index contributed by atoms with van der Waals surface area (Å²) in [6.07, 6.45) is 9.66. The highest BCUT2D eigenvalue weighted by Crippen LogP contribution is 2.47. The molecule has 3 heterocycles. The van der Waals surface area contributed by atoms with Crippen LogP contribution in [0.25, 0.3) is 11.2 Å². The molecular weight excluding hydrogens is 340 g/mol. The fourth-order valence-electron chi connectivity index (χ4n) is 3.58. The van der Waals surface area contributed by atoms with E-state index < -0.39 is 5.41 Å². The fourth-order valence-corrected chi connectivity index (χ4v) is 3.58. The number of benzene rings is 1. The molecule has 1 aliphatic heterocycles. The summed E-state index contributed by atoms with van der Waals surface area (Å²) >= 11 is 0. The lowest BCUT2D eigenvalue weighted by Crippen LogP contribution is -2.28. The van der Waals surface area contributed by atoms with E-state index in [0.717, 1.165) is 46.7 Å². The van der Waals surface area contributed by atoms with Gasteiger partial charge < -0.3 is 5.73 Å². The standard InChI is InChI=1S/C20H18N6O/c21-19(27)20(6-7-20)15-3-1-13(2-4-15)11-16-24-18-17(14-5-8-22-12-14)23-9-10-26(18)25-16/h1-5,9-10,12H,6-8,11H2,(H2,21,27). The number of amides is 1. The smallest absolute Gasteiger partial charge is 0.228 e. The lowest BCUT2D eigenvalue weighted by atomic mass is 9.94. The van der Waals surface area contributed by atoms with Gasteiger partial charge in [0, 0.05) is 30.6 Å². The summed E-state index contributed by atoms with van der Waals surface area (Å²) in [5.41, 5.74) is 9.70. The third kappa shape index (κ3) is 2.63. The summed E-state index contributed by atoms with van der Waals surface area (Å²) in [6, 6.07) is 8.04. The molecule has 1 aliphatic carbocycles. The highest BCUT2D eigenvalue weighted by molar-refractivity contribution is 6.12. The van der Waals surface area contributed by atoms with E-state index in [1.165, 1.54) is 0 Å². The Bertz CT molecular complexity index is 1110. The Labute approximate surface area is 155 Å². The van der Waals surface area contributed by atoms with Gasteiger partial charge in [-0.15, -0.1) is 0 Å². The van der Waals surface area contributed by atoms with Crippen LogP contribution in [0.2, 0.25) is 0 Å². The van der Waals surface area contributed by atoms with Crippen molar-refractivity contribution in [3.63, 3.8) is 0 Å². The molecule has 5 rings (SSSR count). The quantitative estimate of drug-likeness (QED) is 0.750. The molecule has 0 bridgehead atoms. The van der Waals surface area contributed by atoms with Crippen molar-refractivity contribution in [3.05, 3.63) is 65.4 Å². The van der Waals surface area contributed by atoms with E-state index in [0.29, 0.717) is 13.0 Å². The molecule has 0 spiro atoms. The van der Waals surface area contributed by atoms with Gasteiger partial charge in [0.15, 0.2) is 11.5 Å². The monoisotopic (exact) mass is 358 g/mol. The van der Waals surface area contributed by atoms with Crippen LogP contribution in [0.3, 0.4) is 0 Å². The summed E-state index contributed by atoms with van der Waals surface area (Å²) in [4.78, 5) is 25.0. The summed E-state index contributed by atoms with van der Waals surface area (Å²) in [5.74, 6) is 0.491. The van der Waals surface area contributed by atoms with Gasteiger partial charge in [-0.2, -0.15) is 5.10 Å². The van der Waals surface area contributed by atoms with E-state index in [4.69, 9.17) is 5.73 Å². The Morgan fingerprint density at radius 1 is 1.22 bits per heavy atom. The maximum atomic E-state index is 11.7. The zero-order valence-electron chi connectivity index (χ0n) is 14.7. The Morgan fingerprint density at radius 2 is 2.04 bits per heavy atom. The predicted molar refractivity (Wildman–Crippen MR) is 101 cm³/mol. The number of primary amides is 1. The Kier molecular flexibility index (Phi) is 3.43. The van der Waals surface area contributed by atoms with Crippen LogP contribution in [0, 0.1) is 0 Å². The van der Waals surface area contributed by atoms with Gasteiger partial charge in [-0.3, -0.25) is 14.8 Å². The van der Waals surface area contributed by atoms with Crippen LogP contribution in [-0.2, 0) is 16.6 Å². The minimum atomic E-state index is -0.447. The van der Waals surface area contributed by atoms with E-state index >= 15 is 0 Å². The summed E-state index contributed by atoms with van der Waals surface area (Å²) in [7, 11) is 0. The number of nitrogens with two attached hydrogens (primary N) is 1. The second kappa shape index (κ2) is 5.84. The second-order valence-electron chi connectivity index (χ2n) is 7.05. The topological polar surface area (TPSA) is 98.5 Å². The normalized spacial score (nSPS) is 17.3. The van der Waals surface area contributed by atoms with Crippen molar-refractivity contribution < 1.29 is 4.79 Å². The number of carbonyl (C=O) groups excluding carboxylic acids is 1. The molecule has 7 nitrogen and oxygen atoms in total. The van der Waals surface area contributed by atoms with Crippen LogP contribution in [0.1, 0.15) is 35.5 Å². The highest BCUT2D eigenvalue weighted by Gasteiger charge is 2.49. The van der Waals surface area contributed by atoms with E-state index in [9.17, 15) is 4.79 Å². The van der Waals surface area contributed by atoms with Crippen LogP contribution in [-0.4, -0.2) is 38.2 Å². The molecular formula is C20H18N6O. The van der Waals surface area contributed by atoms with Crippen LogP contribution >= 0.6 is 0 Å². The first-order valence-electron chi connectivity index (χ1n) is 8.96. The molecule has 2 N–H and O–H groups in total. The average molecular weight is 358 g/mol. The molecule has 7 heteroatoms. The Morgan fingerprint density at radius 3 is 2.70 bits per heavy atom. The van der Waals surface area contributed by atoms with E-state index in [1.807, 2.05) is 36.6 Å². The highest BCUT2D eigenvalue weighted by atomic mass is 16.1. The number of hydrogen-bond donors (Lipinski definition) is 1. The predicted octanol–water partition coefficient (Wildman–Crippen LogP) is 1.70. The average Bonchev–Trinajstić information content (AvgIpc) is 3.11. The van der Waals surface area contributed by atoms with Crippen molar-refractivity contribution in [3.8, 4) is 0 Å². The minimum Gasteiger partial charge on any atom is -0.369 e. The molecule has 0 atom stereocenters. The zero-order valence-corrected chi connectivity index (χ0v) is 14.7. The second-order valence-corrected chi connectivity index (χ2v) is 7.05. The van der Waals surface area contributed by atoms with Gasteiger partial charge in [0.2, 0.25) is 5.91 Å². The largest absolute Gasteiger partial charge is 0.369 e. The summed E-state index contributed by atoms with van der Waals surface area (Å²) < 4.78 is 1.76. The number of aromatic nitrogens is 4. The Hall–Kier alpha value is -3.35. The van der Waals surface area contributed by atoms with Crippen molar-refractivity contribution in [2.24, 2.45) is 10.7 Å². The zero-order chi connectivity index (χ0) is 18.4. The molecule has 2 aliphatic rings. The first-order chi connectivity index (χ1) is 13.2. The number of hydrogen-bond acceptors (Lipinski definition) is 5. The first-order valence-corrected chi connectivity index (χ1v) is 8.96. The van der Waals surface area contributed by atoms with Gasteiger partial charge in [0.1, 0.15) is 5.69 Å². The van der Waals surface area contributed by atoms with Crippen molar-refractivity contribution in [2.45, 2.75) is 24.7 Å². The molecule has 1 amide bonds. The molecule has 3 aromatic rings. The maximum absolute atomic E-state index is 11.7. The summed E-state index contributed by atoms with van der Waals surface area (Å²) in [5, 5.41) is 4.57. The van der Waals surface area contributed by atoms with Crippen molar-refractivity contribution in [1.29, 1.82) is 0 Å². The number of rotatable bonds is 5. The fraction of sp³-hybridized carbons (Fsp3) is 0.250. The van der Waals surface area contributed by atoms with E-state index in [-0.39, 0.29) is 5.91 Å². The molecule has 1 fully saturated rings. The van der Waals surface area contributed by atoms with Gasteiger partial charge >= 0.3 is 0 Å². The van der Waals surface area contributed by atoms with Gasteiger partial charge in [-0.1, -0.05) is 30.3 Å². The van der Waals surface area contributed by atoms with E-state index in [2.05, 4.69) is 20.1 Å². The number of carbonyl (C=O) groups is 1. The third-order valence-corrected chi connectivity index (χ3v) is 5.31. The lowest BCUT2D eigenvalue weighted by Gasteiger charge is -2.11. The maximum Gasteiger partial charge on any atom is 0.228 e. The van der Waals surface area contributed by atoms with Crippen LogP contribution in [0.4, 0.5) is 0 Å². The summed E-state index contributed by atoms with van der Waals surface area (Å²) in [6.45, 7) is 0.679. The molecule has 1 aromatic carbocycles. The van der Waals surface area contributed by atoms with Crippen LogP contribution < -0.4 is 5.73 Å². The molecule has 0 radical (unpaired) electrons. The van der Waals surface area contributed by atoms with Gasteiger partial charge in [0.25, 0.3) is 0 Å². The van der Waals surface area contributed by atoms with Gasteiger partial charge in [-0.05, 0) is 24.0 Å². The SMILES string of the molecule is NC(=O)C1(c2ccc(Cc3nc4c(C5=CCN=C5)nccn4n3)cc2)CC1. The Balaban J connectivity index is 1.43. The van der Waals surface area contributed by atoms with Crippen molar-refractivity contribution in [1.82, 2.24) is 19.6 Å². The van der Waals surface area contributed by atoms with Crippen molar-refractivity contribution >= 4 is 23.3 Å². The molecule has 1 saturated carbocycles. The van der Waals surface area contributed by atoms with Gasteiger partial charge in [-0.25, -0.2) is 9.50 Å². The molecule has 2 aromatic heterocycles. The number of allylic oxidation sites excluding steroid dienone is 1. The number of fused-ring (bicyclic) bond motifs is 1. The lowest BCUT2D eigenvalue weighted by molar-refractivity contribution is -0.120. The number of nitrogens with zero attached hydrogens (tertiary/aromatic N) is 5. The van der Waals surface area contributed by atoms with Crippen molar-refractivity contribution in [2.75, 3.05) is 6.54 Å². The first kappa shape index (κ1) is 15.9. The van der Waals surface area contributed by atoms with E-state index in [1.54, 1.807) is 16.9 Å². The number of aliphatic imine (C=N–C) groups is 1.